The van der Waals surface area contributed by atoms with E-state index in [-0.39, 0.29) is 0 Å². The van der Waals surface area contributed by atoms with Gasteiger partial charge >= 0.3 is 0 Å². The van der Waals surface area contributed by atoms with Gasteiger partial charge in [-0.2, -0.15) is 0 Å². The topological polar surface area (TPSA) is 37.8 Å². The molecule has 13 heavy (non-hydrogen) atoms. The van der Waals surface area contributed by atoms with Crippen LogP contribution in [-0.4, -0.2) is 28.3 Å². The number of nitrogens with zero attached hydrogens (tertiary/aromatic N) is 2. The fraction of sp³-hybridized carbons (Fsp3) is 0.556. The number of hydrogen-bond acceptors (Lipinski definition) is 4. The van der Waals surface area contributed by atoms with Crippen molar-refractivity contribution in [2.24, 2.45) is 0 Å². The zero-order valence-electron chi connectivity index (χ0n) is 8.03. The van der Waals surface area contributed by atoms with Gasteiger partial charge in [0.2, 0.25) is 0 Å². The lowest BCUT2D eigenvalue weighted by molar-refractivity contribution is 0.712. The summed E-state index contributed by atoms with van der Waals surface area (Å²) in [7, 11) is 0. The van der Waals surface area contributed by atoms with Crippen LogP contribution in [0.1, 0.15) is 13.8 Å². The fourth-order valence-electron chi connectivity index (χ4n) is 0.944. The summed E-state index contributed by atoms with van der Waals surface area (Å²) in [6, 6.07) is 1.94. The van der Waals surface area contributed by atoms with E-state index in [2.05, 4.69) is 29.1 Å². The van der Waals surface area contributed by atoms with Crippen molar-refractivity contribution in [2.45, 2.75) is 24.1 Å². The number of thioether (sulfide) groups is 1. The minimum Gasteiger partial charge on any atom is -0.316 e. The van der Waals surface area contributed by atoms with Gasteiger partial charge in [-0.25, -0.2) is 9.97 Å². The summed E-state index contributed by atoms with van der Waals surface area (Å²) in [5.74, 6) is 0. The summed E-state index contributed by atoms with van der Waals surface area (Å²) in [5, 5.41) is 4.90. The van der Waals surface area contributed by atoms with Gasteiger partial charge in [0.25, 0.3) is 0 Å². The van der Waals surface area contributed by atoms with Crippen molar-refractivity contribution in [1.29, 1.82) is 0 Å². The smallest absolute Gasteiger partial charge is 0.116 e. The molecule has 0 bridgehead atoms. The van der Waals surface area contributed by atoms with E-state index >= 15 is 0 Å². The molecule has 0 aliphatic heterocycles. The quantitative estimate of drug-likeness (QED) is 0.574. The lowest BCUT2D eigenvalue weighted by atomic mass is 10.5. The predicted molar refractivity (Wildman–Crippen MR) is 55.9 cm³/mol. The van der Waals surface area contributed by atoms with Crippen LogP contribution in [0.25, 0.3) is 0 Å². The molecule has 3 nitrogen and oxygen atoms in total. The number of hydrogen-bond donors (Lipinski definition) is 1. The van der Waals surface area contributed by atoms with Crippen LogP contribution in [0.5, 0.6) is 0 Å². The Kier molecular flexibility index (Phi) is 4.78. The van der Waals surface area contributed by atoms with Gasteiger partial charge < -0.3 is 5.32 Å². The second-order valence-corrected chi connectivity index (χ2v) is 4.24. The first kappa shape index (κ1) is 10.5. The highest BCUT2D eigenvalue weighted by atomic mass is 32.2. The van der Waals surface area contributed by atoms with E-state index in [4.69, 9.17) is 0 Å². The maximum atomic E-state index is 4.15. The molecule has 0 amide bonds. The van der Waals surface area contributed by atoms with Gasteiger partial charge in [-0.1, -0.05) is 13.8 Å². The molecule has 0 aliphatic carbocycles. The zero-order valence-corrected chi connectivity index (χ0v) is 8.84. The minimum atomic E-state index is 0.551. The normalized spacial score (nSPS) is 12.8. The molecule has 1 unspecified atom stereocenters. The molecule has 0 saturated heterocycles. The standard InChI is InChI=1S/C9H15N3S/c1-3-10-6-8(2)13-9-4-5-11-7-12-9/h4-5,7-8,10H,3,6H2,1-2H3. The first-order chi connectivity index (χ1) is 6.33. The predicted octanol–water partition coefficient (Wildman–Crippen LogP) is 1.57. The van der Waals surface area contributed by atoms with Crippen LogP contribution in [0.15, 0.2) is 23.6 Å². The van der Waals surface area contributed by atoms with E-state index < -0.39 is 0 Å². The van der Waals surface area contributed by atoms with Gasteiger partial charge in [-0.05, 0) is 12.6 Å². The molecule has 0 fully saturated rings. The number of aromatic nitrogens is 2. The molecule has 1 aromatic rings. The summed E-state index contributed by atoms with van der Waals surface area (Å²) in [5.41, 5.74) is 0. The van der Waals surface area contributed by atoms with E-state index in [1.807, 2.05) is 6.07 Å². The number of nitrogens with one attached hydrogen (secondary N) is 1. The molecular weight excluding hydrogens is 182 g/mol. The maximum absolute atomic E-state index is 4.15. The molecule has 1 heterocycles. The van der Waals surface area contributed by atoms with Crippen LogP contribution in [0, 0.1) is 0 Å². The van der Waals surface area contributed by atoms with E-state index in [1.54, 1.807) is 24.3 Å². The SMILES string of the molecule is CCNCC(C)Sc1ccncn1. The third-order valence-electron chi connectivity index (χ3n) is 1.56. The molecule has 1 atom stereocenters. The molecule has 0 saturated carbocycles. The number of rotatable bonds is 5. The molecule has 0 aliphatic rings. The second kappa shape index (κ2) is 5.94. The fourth-order valence-corrected chi connectivity index (χ4v) is 1.80. The average molecular weight is 197 g/mol. The maximum Gasteiger partial charge on any atom is 0.116 e. The molecule has 0 spiro atoms. The Morgan fingerprint density at radius 3 is 3.08 bits per heavy atom. The lowest BCUT2D eigenvalue weighted by Crippen LogP contribution is -2.22. The molecular formula is C9H15N3S. The molecule has 0 aromatic carbocycles. The summed E-state index contributed by atoms with van der Waals surface area (Å²) >= 11 is 1.77. The first-order valence-electron chi connectivity index (χ1n) is 4.46. The second-order valence-electron chi connectivity index (χ2n) is 2.78. The Bertz CT molecular complexity index is 228. The van der Waals surface area contributed by atoms with E-state index in [0.29, 0.717) is 5.25 Å². The van der Waals surface area contributed by atoms with E-state index in [9.17, 15) is 0 Å². The van der Waals surface area contributed by atoms with Crippen molar-refractivity contribution >= 4 is 11.8 Å². The Morgan fingerprint density at radius 2 is 2.46 bits per heavy atom. The van der Waals surface area contributed by atoms with Crippen LogP contribution < -0.4 is 5.32 Å². The van der Waals surface area contributed by atoms with Gasteiger partial charge in [-0.15, -0.1) is 11.8 Å². The van der Waals surface area contributed by atoms with Gasteiger partial charge in [0.05, 0.1) is 5.03 Å². The zero-order chi connectivity index (χ0) is 9.52. The highest BCUT2D eigenvalue weighted by Crippen LogP contribution is 2.18. The molecule has 4 heteroatoms. The van der Waals surface area contributed by atoms with Gasteiger partial charge in [-0.3, -0.25) is 0 Å². The van der Waals surface area contributed by atoms with E-state index in [0.717, 1.165) is 18.1 Å². The minimum absolute atomic E-state index is 0.551. The van der Waals surface area contributed by atoms with Gasteiger partial charge in [0.15, 0.2) is 0 Å². The van der Waals surface area contributed by atoms with Crippen molar-refractivity contribution in [3.63, 3.8) is 0 Å². The van der Waals surface area contributed by atoms with Crippen LogP contribution in [-0.2, 0) is 0 Å². The molecule has 1 aromatic heterocycles. The monoisotopic (exact) mass is 197 g/mol. The van der Waals surface area contributed by atoms with Crippen LogP contribution in [0.2, 0.25) is 0 Å². The molecule has 1 rings (SSSR count). The summed E-state index contributed by atoms with van der Waals surface area (Å²) < 4.78 is 0. The highest BCUT2D eigenvalue weighted by Gasteiger charge is 2.03. The average Bonchev–Trinajstić information content (AvgIpc) is 2.16. The third kappa shape index (κ3) is 4.24. The van der Waals surface area contributed by atoms with Crippen molar-refractivity contribution in [2.75, 3.05) is 13.1 Å². The summed E-state index contributed by atoms with van der Waals surface area (Å²) in [4.78, 5) is 8.03. The van der Waals surface area contributed by atoms with Crippen molar-refractivity contribution in [1.82, 2.24) is 15.3 Å². The van der Waals surface area contributed by atoms with Gasteiger partial charge in [0, 0.05) is 18.0 Å². The summed E-state index contributed by atoms with van der Waals surface area (Å²) in [6.45, 7) is 6.34. The lowest BCUT2D eigenvalue weighted by Gasteiger charge is -2.09. The van der Waals surface area contributed by atoms with Crippen LogP contribution >= 0.6 is 11.8 Å². The third-order valence-corrected chi connectivity index (χ3v) is 2.61. The summed E-state index contributed by atoms with van der Waals surface area (Å²) in [6.07, 6.45) is 3.36. The van der Waals surface area contributed by atoms with Crippen molar-refractivity contribution < 1.29 is 0 Å². The largest absolute Gasteiger partial charge is 0.316 e. The van der Waals surface area contributed by atoms with Crippen molar-refractivity contribution in [3.8, 4) is 0 Å². The van der Waals surface area contributed by atoms with Gasteiger partial charge in [0.1, 0.15) is 6.33 Å². The molecule has 1 N–H and O–H groups in total. The molecule has 72 valence electrons. The Labute approximate surface area is 83.4 Å². The van der Waals surface area contributed by atoms with Crippen LogP contribution in [0.4, 0.5) is 0 Å². The Hall–Kier alpha value is -0.610. The van der Waals surface area contributed by atoms with Crippen molar-refractivity contribution in [3.05, 3.63) is 18.6 Å². The Morgan fingerprint density at radius 1 is 1.62 bits per heavy atom. The first-order valence-corrected chi connectivity index (χ1v) is 5.34. The Balaban J connectivity index is 2.32. The molecule has 0 radical (unpaired) electrons. The van der Waals surface area contributed by atoms with E-state index in [1.165, 1.54) is 0 Å². The highest BCUT2D eigenvalue weighted by molar-refractivity contribution is 7.99. The van der Waals surface area contributed by atoms with Crippen LogP contribution in [0.3, 0.4) is 0 Å².